The molecule has 18 heavy (non-hydrogen) atoms. The quantitative estimate of drug-likeness (QED) is 0.510. The Bertz CT molecular complexity index is 576. The average Bonchev–Trinajstić information content (AvgIpc) is 2.90. The predicted octanol–water partition coefficient (Wildman–Crippen LogP) is 3.02. The molecule has 0 saturated heterocycles. The third-order valence-electron chi connectivity index (χ3n) is 2.29. The molecule has 6 nitrogen and oxygen atoms in total. The molecule has 0 unspecified atom stereocenters. The van der Waals surface area contributed by atoms with E-state index in [2.05, 4.69) is 10.5 Å². The lowest BCUT2D eigenvalue weighted by molar-refractivity contribution is -0.384. The van der Waals surface area contributed by atoms with Gasteiger partial charge in [0.05, 0.1) is 16.9 Å². The fourth-order valence-corrected chi connectivity index (χ4v) is 1.38. The Hall–Kier alpha value is -2.63. The molecular weight excluding hydrogens is 234 g/mol. The van der Waals surface area contributed by atoms with Crippen molar-refractivity contribution in [3.63, 3.8) is 0 Å². The first kappa shape index (κ1) is 11.8. The Morgan fingerprint density at radius 2 is 2.22 bits per heavy atom. The van der Waals surface area contributed by atoms with Crippen molar-refractivity contribution in [3.8, 4) is 0 Å². The molecule has 1 N–H and O–H groups in total. The second kappa shape index (κ2) is 5.13. The normalized spacial score (nSPS) is 11.3. The largest absolute Gasteiger partial charge is 0.463 e. The predicted molar refractivity (Wildman–Crippen MR) is 67.6 cm³/mol. The fraction of sp³-hybridized carbons (Fsp3) is 0.0833. The Morgan fingerprint density at radius 3 is 2.89 bits per heavy atom. The van der Waals surface area contributed by atoms with Gasteiger partial charge in [0.25, 0.3) is 5.69 Å². The number of nitrogens with one attached hydrogen (secondary N) is 1. The van der Waals surface area contributed by atoms with E-state index in [4.69, 9.17) is 4.42 Å². The van der Waals surface area contributed by atoms with Crippen LogP contribution < -0.4 is 5.43 Å². The lowest BCUT2D eigenvalue weighted by Gasteiger charge is -2.01. The van der Waals surface area contributed by atoms with Crippen molar-refractivity contribution in [1.82, 2.24) is 0 Å². The maximum Gasteiger partial charge on any atom is 0.271 e. The van der Waals surface area contributed by atoms with Crippen LogP contribution in [0.3, 0.4) is 0 Å². The first-order valence-corrected chi connectivity index (χ1v) is 5.25. The highest BCUT2D eigenvalue weighted by Crippen LogP contribution is 2.17. The van der Waals surface area contributed by atoms with Gasteiger partial charge in [0.1, 0.15) is 11.5 Å². The topological polar surface area (TPSA) is 80.7 Å². The molecular formula is C12H11N3O3. The zero-order chi connectivity index (χ0) is 13.0. The molecule has 0 spiro atoms. The highest BCUT2D eigenvalue weighted by Gasteiger charge is 2.05. The summed E-state index contributed by atoms with van der Waals surface area (Å²) in [4.78, 5) is 10.2. The number of nitro groups is 1. The Morgan fingerprint density at radius 1 is 1.39 bits per heavy atom. The summed E-state index contributed by atoms with van der Waals surface area (Å²) in [5.74, 6) is 0.646. The minimum atomic E-state index is -0.450. The molecule has 1 aromatic carbocycles. The zero-order valence-electron chi connectivity index (χ0n) is 9.66. The summed E-state index contributed by atoms with van der Waals surface area (Å²) in [6, 6.07) is 9.69. The number of furan rings is 1. The highest BCUT2D eigenvalue weighted by atomic mass is 16.6. The average molecular weight is 245 g/mol. The summed E-state index contributed by atoms with van der Waals surface area (Å²) >= 11 is 0. The van der Waals surface area contributed by atoms with E-state index >= 15 is 0 Å². The van der Waals surface area contributed by atoms with E-state index in [1.54, 1.807) is 37.5 Å². The monoisotopic (exact) mass is 245 g/mol. The van der Waals surface area contributed by atoms with E-state index in [9.17, 15) is 10.1 Å². The van der Waals surface area contributed by atoms with Gasteiger partial charge in [-0.3, -0.25) is 15.5 Å². The van der Waals surface area contributed by atoms with Crippen molar-refractivity contribution in [3.05, 3.63) is 58.5 Å². The molecule has 1 aromatic heterocycles. The summed E-state index contributed by atoms with van der Waals surface area (Å²) in [6.07, 6.45) is 1.56. The van der Waals surface area contributed by atoms with Crippen LogP contribution in [0, 0.1) is 10.1 Å². The van der Waals surface area contributed by atoms with Gasteiger partial charge in [-0.15, -0.1) is 0 Å². The SMILES string of the molecule is C/C(=N\Nc1cccc([N+](=O)[O-])c1)c1ccco1. The van der Waals surface area contributed by atoms with E-state index in [0.717, 1.165) is 0 Å². The fourth-order valence-electron chi connectivity index (χ4n) is 1.38. The van der Waals surface area contributed by atoms with E-state index in [1.165, 1.54) is 12.1 Å². The van der Waals surface area contributed by atoms with Crippen molar-refractivity contribution >= 4 is 17.1 Å². The van der Waals surface area contributed by atoms with Crippen molar-refractivity contribution in [2.75, 3.05) is 5.43 Å². The van der Waals surface area contributed by atoms with Crippen LogP contribution in [0.5, 0.6) is 0 Å². The molecule has 6 heteroatoms. The standard InChI is InChI=1S/C12H11N3O3/c1-9(12-6-3-7-18-12)13-14-10-4-2-5-11(8-10)15(16)17/h2-8,14H,1H3/b13-9+. The molecule has 0 aliphatic rings. The van der Waals surface area contributed by atoms with Crippen molar-refractivity contribution in [2.45, 2.75) is 6.92 Å². The minimum Gasteiger partial charge on any atom is -0.463 e. The molecule has 0 fully saturated rings. The maximum absolute atomic E-state index is 10.6. The van der Waals surface area contributed by atoms with Crippen molar-refractivity contribution in [2.24, 2.45) is 5.10 Å². The maximum atomic E-state index is 10.6. The van der Waals surface area contributed by atoms with Crippen LogP contribution in [0.2, 0.25) is 0 Å². The lowest BCUT2D eigenvalue weighted by Crippen LogP contribution is -1.98. The molecule has 0 aliphatic heterocycles. The van der Waals surface area contributed by atoms with Gasteiger partial charge in [-0.1, -0.05) is 6.07 Å². The van der Waals surface area contributed by atoms with Crippen LogP contribution in [0.25, 0.3) is 0 Å². The molecule has 2 rings (SSSR count). The molecule has 0 bridgehead atoms. The van der Waals surface area contributed by atoms with Gasteiger partial charge in [0.2, 0.25) is 0 Å². The summed E-state index contributed by atoms with van der Waals surface area (Å²) in [7, 11) is 0. The number of benzene rings is 1. The van der Waals surface area contributed by atoms with E-state index < -0.39 is 4.92 Å². The summed E-state index contributed by atoms with van der Waals surface area (Å²) < 4.78 is 5.17. The molecule has 0 atom stereocenters. The van der Waals surface area contributed by atoms with Gasteiger partial charge in [-0.25, -0.2) is 0 Å². The van der Waals surface area contributed by atoms with E-state index in [-0.39, 0.29) is 5.69 Å². The van der Waals surface area contributed by atoms with Crippen LogP contribution in [0.1, 0.15) is 12.7 Å². The second-order valence-electron chi connectivity index (χ2n) is 3.59. The Labute approximate surface area is 103 Å². The molecule has 0 amide bonds. The zero-order valence-corrected chi connectivity index (χ0v) is 9.66. The Kier molecular flexibility index (Phi) is 3.38. The molecule has 2 aromatic rings. The van der Waals surface area contributed by atoms with Crippen LogP contribution in [0.15, 0.2) is 52.2 Å². The van der Waals surface area contributed by atoms with Gasteiger partial charge < -0.3 is 4.42 Å². The van der Waals surface area contributed by atoms with Gasteiger partial charge in [-0.2, -0.15) is 5.10 Å². The number of hydrogen-bond donors (Lipinski definition) is 1. The lowest BCUT2D eigenvalue weighted by atomic mass is 10.3. The first-order valence-electron chi connectivity index (χ1n) is 5.25. The minimum absolute atomic E-state index is 0.0193. The van der Waals surface area contributed by atoms with Crippen LogP contribution in [-0.4, -0.2) is 10.6 Å². The van der Waals surface area contributed by atoms with E-state index in [0.29, 0.717) is 17.2 Å². The number of nitro benzene ring substituents is 1. The number of hydrogen-bond acceptors (Lipinski definition) is 5. The van der Waals surface area contributed by atoms with Gasteiger partial charge in [0, 0.05) is 12.1 Å². The van der Waals surface area contributed by atoms with Gasteiger partial charge in [0.15, 0.2) is 0 Å². The van der Waals surface area contributed by atoms with Crippen molar-refractivity contribution in [1.29, 1.82) is 0 Å². The molecule has 1 heterocycles. The summed E-state index contributed by atoms with van der Waals surface area (Å²) in [6.45, 7) is 1.78. The molecule has 0 aliphatic carbocycles. The number of anilines is 1. The van der Waals surface area contributed by atoms with Gasteiger partial charge >= 0.3 is 0 Å². The number of rotatable bonds is 4. The van der Waals surface area contributed by atoms with E-state index in [1.807, 2.05) is 0 Å². The van der Waals surface area contributed by atoms with Crippen molar-refractivity contribution < 1.29 is 9.34 Å². The van der Waals surface area contributed by atoms with Crippen LogP contribution in [-0.2, 0) is 0 Å². The van der Waals surface area contributed by atoms with Crippen LogP contribution in [0.4, 0.5) is 11.4 Å². The smallest absolute Gasteiger partial charge is 0.271 e. The summed E-state index contributed by atoms with van der Waals surface area (Å²) in [5.41, 5.74) is 3.98. The number of non-ortho nitro benzene ring substituents is 1. The third-order valence-corrected chi connectivity index (χ3v) is 2.29. The molecule has 92 valence electrons. The second-order valence-corrected chi connectivity index (χ2v) is 3.59. The summed E-state index contributed by atoms with van der Waals surface area (Å²) in [5, 5.41) is 14.7. The first-order chi connectivity index (χ1) is 8.66. The third kappa shape index (κ3) is 2.73. The molecule has 0 saturated carbocycles. The number of nitrogens with zero attached hydrogens (tertiary/aromatic N) is 2. The highest BCUT2D eigenvalue weighted by molar-refractivity contribution is 5.96. The van der Waals surface area contributed by atoms with Gasteiger partial charge in [-0.05, 0) is 25.1 Å². The molecule has 0 radical (unpaired) electrons. The van der Waals surface area contributed by atoms with Crippen LogP contribution >= 0.6 is 0 Å². The number of hydrazone groups is 1. The Balaban J connectivity index is 2.13.